The number of nitrogens with zero attached hydrogens (tertiary/aromatic N) is 3. The number of aliphatic carboxylic acids is 1. The van der Waals surface area contributed by atoms with Gasteiger partial charge in [-0.1, -0.05) is 31.9 Å². The second-order valence-corrected chi connectivity index (χ2v) is 13.3. The first-order valence-electron chi connectivity index (χ1n) is 15.1. The second kappa shape index (κ2) is 12.1. The number of likely N-dealkylation sites (tertiary alicyclic amines) is 1. The Morgan fingerprint density at radius 2 is 1.98 bits per heavy atom. The summed E-state index contributed by atoms with van der Waals surface area (Å²) in [6, 6.07) is 11.1. The molecule has 0 spiro atoms. The van der Waals surface area contributed by atoms with Crippen molar-refractivity contribution < 1.29 is 14.3 Å². The molecule has 5 nitrogen and oxygen atoms in total. The summed E-state index contributed by atoms with van der Waals surface area (Å²) in [6.07, 6.45) is 11.8. The summed E-state index contributed by atoms with van der Waals surface area (Å²) < 4.78 is 14.2. The van der Waals surface area contributed by atoms with Crippen LogP contribution in [0.3, 0.4) is 0 Å². The number of carbonyl (C=O) groups is 1. The van der Waals surface area contributed by atoms with Crippen molar-refractivity contribution >= 4 is 17.3 Å². The van der Waals surface area contributed by atoms with E-state index in [0.717, 1.165) is 74.3 Å². The van der Waals surface area contributed by atoms with Crippen molar-refractivity contribution in [2.75, 3.05) is 19.6 Å². The van der Waals surface area contributed by atoms with Gasteiger partial charge in [-0.3, -0.25) is 9.78 Å². The number of carboxylic acids is 1. The average molecular weight is 562 g/mol. The standard InChI is InChI=1S/C33H40FN3O2S/c1-2-30-31(40-32(36-30)24-6-4-12-35-19-24)22-10-13-37(14-11-22)20-26-16-25(29(33(38)39)15-21-8-9-21)18-28(26)23-5-3-7-27(34)17-23/h3-7,12,17,19,21-22,25-26,28-29H,2,8-11,13-16,18,20H2,1H3,(H,38,39)/t25?,26?,28?,29-/m0/s1. The van der Waals surface area contributed by atoms with E-state index in [1.807, 2.05) is 29.7 Å². The van der Waals surface area contributed by atoms with E-state index in [1.54, 1.807) is 18.3 Å². The predicted molar refractivity (Wildman–Crippen MR) is 157 cm³/mol. The third-order valence-electron chi connectivity index (χ3n) is 9.60. The monoisotopic (exact) mass is 561 g/mol. The number of pyridine rings is 1. The number of thiazole rings is 1. The summed E-state index contributed by atoms with van der Waals surface area (Å²) in [5.74, 6) is 0.750. The highest BCUT2D eigenvalue weighted by Gasteiger charge is 2.43. The first-order valence-corrected chi connectivity index (χ1v) is 15.9. The molecule has 0 radical (unpaired) electrons. The Morgan fingerprint density at radius 1 is 1.15 bits per heavy atom. The van der Waals surface area contributed by atoms with Gasteiger partial charge >= 0.3 is 5.97 Å². The normalized spacial score (nSPS) is 24.8. The Kier molecular flexibility index (Phi) is 8.31. The van der Waals surface area contributed by atoms with Crippen LogP contribution in [0, 0.1) is 29.5 Å². The molecule has 2 aromatic heterocycles. The van der Waals surface area contributed by atoms with Crippen LogP contribution in [-0.4, -0.2) is 45.6 Å². The molecule has 4 atom stereocenters. The van der Waals surface area contributed by atoms with Crippen molar-refractivity contribution in [3.63, 3.8) is 0 Å². The molecule has 1 saturated heterocycles. The third kappa shape index (κ3) is 6.15. The van der Waals surface area contributed by atoms with Crippen molar-refractivity contribution in [3.8, 4) is 10.6 Å². The molecular weight excluding hydrogens is 521 g/mol. The molecule has 2 aliphatic carbocycles. The van der Waals surface area contributed by atoms with Crippen molar-refractivity contribution in [3.05, 3.63) is 70.7 Å². The maximum absolute atomic E-state index is 14.2. The van der Waals surface area contributed by atoms with Gasteiger partial charge in [-0.2, -0.15) is 0 Å². The molecule has 3 heterocycles. The zero-order chi connectivity index (χ0) is 27.6. The molecular formula is C33H40FN3O2S. The van der Waals surface area contributed by atoms with Crippen molar-refractivity contribution in [1.82, 2.24) is 14.9 Å². The molecule has 0 amide bonds. The summed E-state index contributed by atoms with van der Waals surface area (Å²) in [5.41, 5.74) is 3.35. The predicted octanol–water partition coefficient (Wildman–Crippen LogP) is 7.40. The average Bonchev–Trinajstić information content (AvgIpc) is 3.54. The van der Waals surface area contributed by atoms with Crippen LogP contribution in [0.4, 0.5) is 4.39 Å². The number of halogens is 1. The highest BCUT2D eigenvalue weighted by molar-refractivity contribution is 7.15. The summed E-state index contributed by atoms with van der Waals surface area (Å²) in [5, 5.41) is 11.2. The minimum absolute atomic E-state index is 0.170. The lowest BCUT2D eigenvalue weighted by Crippen LogP contribution is -2.37. The van der Waals surface area contributed by atoms with Crippen LogP contribution in [0.25, 0.3) is 10.6 Å². The Morgan fingerprint density at radius 3 is 2.65 bits per heavy atom. The molecule has 1 N–H and O–H groups in total. The van der Waals surface area contributed by atoms with E-state index in [9.17, 15) is 14.3 Å². The highest BCUT2D eigenvalue weighted by Crippen LogP contribution is 2.50. The molecule has 2 saturated carbocycles. The first kappa shape index (κ1) is 27.5. The van der Waals surface area contributed by atoms with Crippen LogP contribution < -0.4 is 0 Å². The topological polar surface area (TPSA) is 66.3 Å². The number of rotatable bonds is 10. The number of aromatic nitrogens is 2. The lowest BCUT2D eigenvalue weighted by Gasteiger charge is -2.35. The van der Waals surface area contributed by atoms with Gasteiger partial charge in [0.2, 0.25) is 0 Å². The van der Waals surface area contributed by atoms with E-state index < -0.39 is 5.97 Å². The lowest BCUT2D eigenvalue weighted by atomic mass is 9.85. The van der Waals surface area contributed by atoms with Crippen molar-refractivity contribution in [1.29, 1.82) is 0 Å². The molecule has 40 heavy (non-hydrogen) atoms. The molecule has 3 aromatic rings. The summed E-state index contributed by atoms with van der Waals surface area (Å²) >= 11 is 1.83. The first-order chi connectivity index (χ1) is 19.5. The Hall–Kier alpha value is -2.64. The number of aryl methyl sites for hydroxylation is 1. The molecule has 7 heteroatoms. The second-order valence-electron chi connectivity index (χ2n) is 12.3. The smallest absolute Gasteiger partial charge is 0.306 e. The van der Waals surface area contributed by atoms with Gasteiger partial charge in [-0.15, -0.1) is 11.3 Å². The van der Waals surface area contributed by atoms with E-state index in [2.05, 4.69) is 22.9 Å². The Balaban J connectivity index is 1.14. The van der Waals surface area contributed by atoms with Gasteiger partial charge in [0.05, 0.1) is 11.6 Å². The summed E-state index contributed by atoms with van der Waals surface area (Å²) in [6.45, 7) is 5.23. The summed E-state index contributed by atoms with van der Waals surface area (Å²) in [4.78, 5) is 25.6. The number of benzene rings is 1. The van der Waals surface area contributed by atoms with Crippen LogP contribution in [0.5, 0.6) is 0 Å². The molecule has 6 rings (SSSR count). The van der Waals surface area contributed by atoms with Crippen LogP contribution >= 0.6 is 11.3 Å². The third-order valence-corrected chi connectivity index (χ3v) is 10.9. The van der Waals surface area contributed by atoms with Gasteiger partial charge in [0.15, 0.2) is 0 Å². The van der Waals surface area contributed by atoms with Gasteiger partial charge in [-0.25, -0.2) is 9.37 Å². The zero-order valence-electron chi connectivity index (χ0n) is 23.3. The minimum atomic E-state index is -0.640. The fourth-order valence-corrected chi connectivity index (χ4v) is 8.62. The molecule has 3 fully saturated rings. The zero-order valence-corrected chi connectivity index (χ0v) is 24.2. The van der Waals surface area contributed by atoms with Gasteiger partial charge in [0, 0.05) is 29.4 Å². The largest absolute Gasteiger partial charge is 0.481 e. The van der Waals surface area contributed by atoms with Crippen LogP contribution in [0.15, 0.2) is 48.8 Å². The Bertz CT molecular complexity index is 1300. The maximum atomic E-state index is 14.2. The number of piperidine rings is 1. The van der Waals surface area contributed by atoms with Gasteiger partial charge in [0.25, 0.3) is 0 Å². The fourth-order valence-electron chi connectivity index (χ4n) is 7.31. The molecule has 1 aromatic carbocycles. The quantitative estimate of drug-likeness (QED) is 0.279. The number of hydrogen-bond donors (Lipinski definition) is 1. The van der Waals surface area contributed by atoms with E-state index in [1.165, 1.54) is 29.5 Å². The van der Waals surface area contributed by atoms with Crippen LogP contribution in [-0.2, 0) is 11.2 Å². The van der Waals surface area contributed by atoms with E-state index in [0.29, 0.717) is 17.8 Å². The molecule has 3 unspecified atom stereocenters. The van der Waals surface area contributed by atoms with Crippen molar-refractivity contribution in [2.45, 2.75) is 70.1 Å². The van der Waals surface area contributed by atoms with E-state index >= 15 is 0 Å². The Labute approximate surface area is 240 Å². The lowest BCUT2D eigenvalue weighted by molar-refractivity contribution is -0.144. The SMILES string of the molecule is CCc1nc(-c2cccnc2)sc1C1CCN(CC2CC([C@H](CC3CC3)C(=O)O)CC2c2cccc(F)c2)CC1. The molecule has 3 aliphatic rings. The highest BCUT2D eigenvalue weighted by atomic mass is 32.1. The van der Waals surface area contributed by atoms with Gasteiger partial charge in [-0.05, 0) is 111 Å². The number of carboxylic acid groups (broad SMARTS) is 1. The molecule has 1 aliphatic heterocycles. The van der Waals surface area contributed by atoms with Gasteiger partial charge < -0.3 is 10.0 Å². The molecule has 212 valence electrons. The summed E-state index contributed by atoms with van der Waals surface area (Å²) in [7, 11) is 0. The molecule has 0 bridgehead atoms. The minimum Gasteiger partial charge on any atom is -0.481 e. The van der Waals surface area contributed by atoms with E-state index in [4.69, 9.17) is 4.98 Å². The maximum Gasteiger partial charge on any atom is 0.306 e. The van der Waals surface area contributed by atoms with Gasteiger partial charge in [0.1, 0.15) is 10.8 Å². The van der Waals surface area contributed by atoms with Crippen molar-refractivity contribution in [2.24, 2.45) is 23.7 Å². The van der Waals surface area contributed by atoms with Crippen LogP contribution in [0.1, 0.15) is 79.8 Å². The fraction of sp³-hybridized carbons (Fsp3) is 0.545. The number of hydrogen-bond acceptors (Lipinski definition) is 5. The van der Waals surface area contributed by atoms with Crippen LogP contribution in [0.2, 0.25) is 0 Å². The van der Waals surface area contributed by atoms with E-state index in [-0.39, 0.29) is 23.6 Å².